The summed E-state index contributed by atoms with van der Waals surface area (Å²) in [6, 6.07) is 16.1. The number of rotatable bonds is 7. The van der Waals surface area contributed by atoms with Crippen LogP contribution in [-0.2, 0) is 11.2 Å². The smallest absolute Gasteiger partial charge is 0.261 e. The van der Waals surface area contributed by atoms with Crippen LogP contribution in [0.25, 0.3) is 6.08 Å². The number of hydrogen-bond acceptors (Lipinski definition) is 4. The fraction of sp³-hybridized carbons (Fsp3) is 0.143. The van der Waals surface area contributed by atoms with Crippen molar-refractivity contribution >= 4 is 12.0 Å². The van der Waals surface area contributed by atoms with Crippen LogP contribution >= 0.6 is 0 Å². The average molecular weight is 348 g/mol. The van der Waals surface area contributed by atoms with Gasteiger partial charge in [-0.1, -0.05) is 42.5 Å². The molecule has 2 rings (SSSR count). The number of allylic oxidation sites excluding steroid dienone is 2. The Morgan fingerprint density at radius 1 is 1.23 bits per heavy atom. The Hall–Kier alpha value is -3.52. The number of nitrogens with one attached hydrogen (secondary N) is 1. The van der Waals surface area contributed by atoms with Crippen molar-refractivity contribution < 1.29 is 14.6 Å². The molecule has 0 heterocycles. The highest BCUT2D eigenvalue weighted by Crippen LogP contribution is 2.17. The van der Waals surface area contributed by atoms with Gasteiger partial charge in [-0.3, -0.25) is 4.79 Å². The normalized spacial score (nSPS) is 11.2. The van der Waals surface area contributed by atoms with Crippen LogP contribution < -0.4 is 10.1 Å². The number of methoxy groups -OCH3 is 1. The number of nitrogens with zero attached hydrogens (tertiary/aromatic N) is 1. The lowest BCUT2D eigenvalue weighted by Gasteiger charge is -2.08. The average Bonchev–Trinajstić information content (AvgIpc) is 2.67. The first-order valence-electron chi connectivity index (χ1n) is 8.11. The van der Waals surface area contributed by atoms with Gasteiger partial charge in [-0.15, -0.1) is 0 Å². The minimum atomic E-state index is -0.419. The van der Waals surface area contributed by atoms with E-state index in [2.05, 4.69) is 5.32 Å². The first-order chi connectivity index (χ1) is 12.6. The van der Waals surface area contributed by atoms with Crippen molar-refractivity contribution in [3.63, 3.8) is 0 Å². The summed E-state index contributed by atoms with van der Waals surface area (Å²) < 4.78 is 5.27. The summed E-state index contributed by atoms with van der Waals surface area (Å²) in [5.41, 5.74) is 1.87. The Morgan fingerprint density at radius 2 is 1.96 bits per heavy atom. The maximum absolute atomic E-state index is 12.1. The van der Waals surface area contributed by atoms with E-state index in [-0.39, 0.29) is 11.3 Å². The molecule has 0 aliphatic rings. The van der Waals surface area contributed by atoms with Crippen molar-refractivity contribution in [2.45, 2.75) is 6.42 Å². The second-order valence-electron chi connectivity index (χ2n) is 5.46. The van der Waals surface area contributed by atoms with Crippen LogP contribution in [0.4, 0.5) is 0 Å². The molecule has 5 heteroatoms. The summed E-state index contributed by atoms with van der Waals surface area (Å²) in [6.07, 6.45) is 5.45. The number of phenolic OH excluding ortho intramolecular Hbond substituents is 1. The predicted octanol–water partition coefficient (Wildman–Crippen LogP) is 3.22. The molecule has 0 aliphatic heterocycles. The lowest BCUT2D eigenvalue weighted by molar-refractivity contribution is -0.117. The third-order valence-electron chi connectivity index (χ3n) is 3.68. The highest BCUT2D eigenvalue weighted by Gasteiger charge is 2.08. The van der Waals surface area contributed by atoms with Gasteiger partial charge in [-0.2, -0.15) is 5.26 Å². The largest absolute Gasteiger partial charge is 0.508 e. The minimum Gasteiger partial charge on any atom is -0.508 e. The number of carbonyl (C=O) groups excluding carboxylic acids is 1. The molecule has 2 aromatic rings. The number of phenols is 1. The second kappa shape index (κ2) is 9.70. The minimum absolute atomic E-state index is 0.0278. The van der Waals surface area contributed by atoms with Gasteiger partial charge in [0, 0.05) is 6.54 Å². The van der Waals surface area contributed by atoms with Gasteiger partial charge in [-0.25, -0.2) is 0 Å². The molecular formula is C21H20N2O3. The molecule has 0 saturated carbocycles. The van der Waals surface area contributed by atoms with E-state index >= 15 is 0 Å². The van der Waals surface area contributed by atoms with Gasteiger partial charge in [0.25, 0.3) is 5.91 Å². The van der Waals surface area contributed by atoms with E-state index in [0.717, 1.165) is 16.9 Å². The van der Waals surface area contributed by atoms with Crippen molar-refractivity contribution in [3.05, 3.63) is 77.4 Å². The van der Waals surface area contributed by atoms with Crippen molar-refractivity contribution in [2.75, 3.05) is 13.7 Å². The topological polar surface area (TPSA) is 82.3 Å². The molecule has 0 unspecified atom stereocenters. The molecule has 1 amide bonds. The summed E-state index contributed by atoms with van der Waals surface area (Å²) in [6.45, 7) is 0.403. The molecule has 0 bridgehead atoms. The first-order valence-corrected chi connectivity index (χ1v) is 8.11. The quantitative estimate of drug-likeness (QED) is 0.457. The van der Waals surface area contributed by atoms with Crippen molar-refractivity contribution in [1.29, 1.82) is 5.26 Å². The van der Waals surface area contributed by atoms with E-state index in [1.165, 1.54) is 6.08 Å². The number of benzene rings is 2. The van der Waals surface area contributed by atoms with Gasteiger partial charge in [-0.05, 0) is 41.8 Å². The summed E-state index contributed by atoms with van der Waals surface area (Å²) in [5, 5.41) is 21.1. The molecule has 0 radical (unpaired) electrons. The van der Waals surface area contributed by atoms with E-state index in [1.54, 1.807) is 43.5 Å². The Morgan fingerprint density at radius 3 is 2.65 bits per heavy atom. The van der Waals surface area contributed by atoms with Gasteiger partial charge >= 0.3 is 0 Å². The van der Waals surface area contributed by atoms with Crippen LogP contribution in [-0.4, -0.2) is 24.7 Å². The third-order valence-corrected chi connectivity index (χ3v) is 3.68. The van der Waals surface area contributed by atoms with Crippen LogP contribution in [0.5, 0.6) is 11.5 Å². The number of carbonyl (C=O) groups is 1. The van der Waals surface area contributed by atoms with E-state index in [9.17, 15) is 9.90 Å². The number of ether oxygens (including phenoxy) is 1. The van der Waals surface area contributed by atoms with Crippen LogP contribution in [0.3, 0.4) is 0 Å². The van der Waals surface area contributed by atoms with E-state index < -0.39 is 5.91 Å². The molecule has 0 atom stereocenters. The molecular weight excluding hydrogens is 328 g/mol. The van der Waals surface area contributed by atoms with Gasteiger partial charge in [0.2, 0.25) is 0 Å². The number of aromatic hydroxyl groups is 1. The van der Waals surface area contributed by atoms with Gasteiger partial charge < -0.3 is 15.2 Å². The maximum Gasteiger partial charge on any atom is 0.261 e. The van der Waals surface area contributed by atoms with Crippen molar-refractivity contribution in [1.82, 2.24) is 5.32 Å². The molecule has 0 saturated heterocycles. The summed E-state index contributed by atoms with van der Waals surface area (Å²) in [4.78, 5) is 12.1. The lowest BCUT2D eigenvalue weighted by Crippen LogP contribution is -2.26. The Balaban J connectivity index is 1.91. The third kappa shape index (κ3) is 5.53. The molecule has 2 N–H and O–H groups in total. The number of hydrogen-bond donors (Lipinski definition) is 2. The molecule has 0 spiro atoms. The highest BCUT2D eigenvalue weighted by atomic mass is 16.5. The Kier molecular flexibility index (Phi) is 7.02. The monoisotopic (exact) mass is 348 g/mol. The molecule has 26 heavy (non-hydrogen) atoms. The summed E-state index contributed by atoms with van der Waals surface area (Å²) in [5.74, 6) is 0.539. The summed E-state index contributed by atoms with van der Waals surface area (Å²) in [7, 11) is 1.61. The standard InChI is InChI=1S/C21H20N2O3/c1-26-20-8-3-2-6-17(20)13-14-23-21(25)18(15-22)7-4-5-16-9-11-19(24)12-10-16/h2-12,24H,13-14H2,1H3,(H,23,25). The number of amides is 1. The zero-order valence-corrected chi connectivity index (χ0v) is 14.5. The molecule has 0 aliphatic carbocycles. The van der Waals surface area contributed by atoms with E-state index in [0.29, 0.717) is 13.0 Å². The Labute approximate surface area is 152 Å². The predicted molar refractivity (Wildman–Crippen MR) is 101 cm³/mol. The van der Waals surface area contributed by atoms with Gasteiger partial charge in [0.05, 0.1) is 7.11 Å². The van der Waals surface area contributed by atoms with Gasteiger partial charge in [0.15, 0.2) is 0 Å². The molecule has 0 fully saturated rings. The highest BCUT2D eigenvalue weighted by molar-refractivity contribution is 5.97. The fourth-order valence-corrected chi connectivity index (χ4v) is 2.32. The van der Waals surface area contributed by atoms with Crippen LogP contribution in [0.15, 0.2) is 66.3 Å². The van der Waals surface area contributed by atoms with Crippen molar-refractivity contribution in [2.24, 2.45) is 0 Å². The first kappa shape index (κ1) is 18.8. The molecule has 0 aromatic heterocycles. The van der Waals surface area contributed by atoms with Crippen LogP contribution in [0.2, 0.25) is 0 Å². The van der Waals surface area contributed by atoms with Crippen LogP contribution in [0, 0.1) is 11.3 Å². The molecule has 5 nitrogen and oxygen atoms in total. The molecule has 132 valence electrons. The maximum atomic E-state index is 12.1. The second-order valence-corrected chi connectivity index (χ2v) is 5.46. The van der Waals surface area contributed by atoms with Gasteiger partial charge in [0.1, 0.15) is 23.1 Å². The number of para-hydroxylation sites is 1. The number of nitriles is 1. The van der Waals surface area contributed by atoms with Crippen molar-refractivity contribution in [3.8, 4) is 17.6 Å². The van der Waals surface area contributed by atoms with E-state index in [1.807, 2.05) is 30.3 Å². The lowest BCUT2D eigenvalue weighted by atomic mass is 10.1. The zero-order chi connectivity index (χ0) is 18.8. The van der Waals surface area contributed by atoms with Crippen LogP contribution in [0.1, 0.15) is 11.1 Å². The Bertz CT molecular complexity index is 846. The fourth-order valence-electron chi connectivity index (χ4n) is 2.32. The molecule has 2 aromatic carbocycles. The van der Waals surface area contributed by atoms with E-state index in [4.69, 9.17) is 10.00 Å². The SMILES string of the molecule is COc1ccccc1CCNC(=O)C(C#N)=CC=Cc1ccc(O)cc1. The summed E-state index contributed by atoms with van der Waals surface area (Å²) >= 11 is 0. The zero-order valence-electron chi connectivity index (χ0n) is 14.5.